The van der Waals surface area contributed by atoms with E-state index in [1.807, 2.05) is 13.8 Å². The molecule has 2 atom stereocenters. The van der Waals surface area contributed by atoms with Gasteiger partial charge in [-0.1, -0.05) is 12.1 Å². The van der Waals surface area contributed by atoms with Crippen molar-refractivity contribution in [3.8, 4) is 0 Å². The van der Waals surface area contributed by atoms with Gasteiger partial charge in [-0.15, -0.1) is 0 Å². The van der Waals surface area contributed by atoms with Crippen LogP contribution in [-0.2, 0) is 19.1 Å². The number of hydrogen-bond acceptors (Lipinski definition) is 5. The summed E-state index contributed by atoms with van der Waals surface area (Å²) in [7, 11) is 1.25. The van der Waals surface area contributed by atoms with Gasteiger partial charge in [-0.25, -0.2) is 4.79 Å². The highest BCUT2D eigenvalue weighted by molar-refractivity contribution is 6.39. The summed E-state index contributed by atoms with van der Waals surface area (Å²) in [6.45, 7) is 4.41. The Balaban J connectivity index is 2.10. The second kappa shape index (κ2) is 7.23. The molecule has 1 N–H and O–H groups in total. The highest BCUT2D eigenvalue weighted by atomic mass is 16.5. The summed E-state index contributed by atoms with van der Waals surface area (Å²) in [6, 6.07) is 6.37. The number of anilines is 1. The van der Waals surface area contributed by atoms with Gasteiger partial charge in [0.15, 0.2) is 0 Å². The monoisotopic (exact) mass is 320 g/mol. The normalized spacial score (nSPS) is 20.7. The fourth-order valence-electron chi connectivity index (χ4n) is 2.54. The number of ether oxygens (including phenoxy) is 2. The van der Waals surface area contributed by atoms with Crippen LogP contribution in [0.3, 0.4) is 0 Å². The molecule has 1 aromatic rings. The van der Waals surface area contributed by atoms with E-state index >= 15 is 0 Å². The molecule has 124 valence electrons. The number of amides is 2. The van der Waals surface area contributed by atoms with E-state index < -0.39 is 17.8 Å². The summed E-state index contributed by atoms with van der Waals surface area (Å²) < 4.78 is 10.2. The van der Waals surface area contributed by atoms with Gasteiger partial charge in [-0.3, -0.25) is 9.59 Å². The maximum absolute atomic E-state index is 12.3. The molecule has 0 aliphatic carbocycles. The van der Waals surface area contributed by atoms with Crippen molar-refractivity contribution >= 4 is 23.5 Å². The quantitative estimate of drug-likeness (QED) is 0.650. The Morgan fingerprint density at radius 1 is 1.17 bits per heavy atom. The molecule has 0 saturated carbocycles. The highest BCUT2D eigenvalue weighted by Crippen LogP contribution is 2.17. The van der Waals surface area contributed by atoms with Gasteiger partial charge in [0, 0.05) is 13.1 Å². The third kappa shape index (κ3) is 4.07. The summed E-state index contributed by atoms with van der Waals surface area (Å²) in [4.78, 5) is 37.6. The predicted molar refractivity (Wildman–Crippen MR) is 83.0 cm³/mol. The van der Waals surface area contributed by atoms with Gasteiger partial charge in [0.2, 0.25) is 0 Å². The van der Waals surface area contributed by atoms with E-state index in [-0.39, 0.29) is 23.5 Å². The van der Waals surface area contributed by atoms with Crippen LogP contribution in [-0.4, -0.2) is 55.1 Å². The number of para-hydroxylation sites is 1. The Bertz CT molecular complexity index is 606. The Kier molecular flexibility index (Phi) is 5.33. The van der Waals surface area contributed by atoms with Crippen molar-refractivity contribution in [1.82, 2.24) is 4.90 Å². The fourth-order valence-corrected chi connectivity index (χ4v) is 2.54. The summed E-state index contributed by atoms with van der Waals surface area (Å²) in [5, 5.41) is 2.48. The highest BCUT2D eigenvalue weighted by Gasteiger charge is 2.30. The molecular formula is C16H20N2O5. The number of carbonyl (C=O) groups excluding carboxylic acids is 3. The van der Waals surface area contributed by atoms with Gasteiger partial charge < -0.3 is 19.7 Å². The molecule has 1 heterocycles. The Morgan fingerprint density at radius 3 is 2.39 bits per heavy atom. The molecule has 7 heteroatoms. The maximum Gasteiger partial charge on any atom is 0.339 e. The van der Waals surface area contributed by atoms with Crippen molar-refractivity contribution in [2.45, 2.75) is 26.1 Å². The number of morpholine rings is 1. The number of esters is 1. The van der Waals surface area contributed by atoms with E-state index in [0.717, 1.165) is 0 Å². The zero-order chi connectivity index (χ0) is 17.0. The van der Waals surface area contributed by atoms with Gasteiger partial charge in [0.25, 0.3) is 0 Å². The number of methoxy groups -OCH3 is 1. The molecule has 2 unspecified atom stereocenters. The van der Waals surface area contributed by atoms with E-state index in [0.29, 0.717) is 13.1 Å². The standard InChI is InChI=1S/C16H20N2O5/c1-10-8-18(9-11(2)23-10)15(20)14(19)17-13-7-5-4-6-12(13)16(21)22-3/h4-7,10-11H,8-9H2,1-3H3,(H,17,19). The second-order valence-corrected chi connectivity index (χ2v) is 5.46. The molecule has 1 aliphatic rings. The van der Waals surface area contributed by atoms with E-state index in [4.69, 9.17) is 4.74 Å². The number of nitrogens with one attached hydrogen (secondary N) is 1. The van der Waals surface area contributed by atoms with Crippen molar-refractivity contribution < 1.29 is 23.9 Å². The molecule has 1 fully saturated rings. The summed E-state index contributed by atoms with van der Waals surface area (Å²) in [6.07, 6.45) is -0.254. The first-order chi connectivity index (χ1) is 10.9. The second-order valence-electron chi connectivity index (χ2n) is 5.46. The molecule has 1 saturated heterocycles. The number of carbonyl (C=O) groups is 3. The third-order valence-electron chi connectivity index (χ3n) is 3.48. The van der Waals surface area contributed by atoms with Crippen LogP contribution < -0.4 is 5.32 Å². The maximum atomic E-state index is 12.3. The molecule has 0 radical (unpaired) electrons. The van der Waals surface area contributed by atoms with Gasteiger partial charge in [0.1, 0.15) is 0 Å². The predicted octanol–water partition coefficient (Wildman–Crippen LogP) is 1.05. The van der Waals surface area contributed by atoms with E-state index in [9.17, 15) is 14.4 Å². The lowest BCUT2D eigenvalue weighted by atomic mass is 10.1. The molecule has 2 rings (SSSR count). The largest absolute Gasteiger partial charge is 0.465 e. The minimum Gasteiger partial charge on any atom is -0.465 e. The van der Waals surface area contributed by atoms with E-state index in [2.05, 4.69) is 10.1 Å². The van der Waals surface area contributed by atoms with Crippen molar-refractivity contribution in [3.63, 3.8) is 0 Å². The molecule has 1 aromatic carbocycles. The Hall–Kier alpha value is -2.41. The average Bonchev–Trinajstić information content (AvgIpc) is 2.53. The van der Waals surface area contributed by atoms with Crippen LogP contribution in [0.25, 0.3) is 0 Å². The van der Waals surface area contributed by atoms with Crippen LogP contribution in [0.5, 0.6) is 0 Å². The average molecular weight is 320 g/mol. The Labute approximate surface area is 134 Å². The molecule has 7 nitrogen and oxygen atoms in total. The van der Waals surface area contributed by atoms with Crippen LogP contribution in [0.2, 0.25) is 0 Å². The lowest BCUT2D eigenvalue weighted by Crippen LogP contribution is -2.51. The Morgan fingerprint density at radius 2 is 1.78 bits per heavy atom. The third-order valence-corrected chi connectivity index (χ3v) is 3.48. The van der Waals surface area contributed by atoms with Crippen LogP contribution in [0.15, 0.2) is 24.3 Å². The van der Waals surface area contributed by atoms with Crippen LogP contribution >= 0.6 is 0 Å². The lowest BCUT2D eigenvalue weighted by Gasteiger charge is -2.34. The van der Waals surface area contributed by atoms with Crippen molar-refractivity contribution in [2.24, 2.45) is 0 Å². The fraction of sp³-hybridized carbons (Fsp3) is 0.438. The summed E-state index contributed by atoms with van der Waals surface area (Å²) in [5.41, 5.74) is 0.437. The van der Waals surface area contributed by atoms with Crippen molar-refractivity contribution in [1.29, 1.82) is 0 Å². The number of benzene rings is 1. The number of hydrogen-bond donors (Lipinski definition) is 1. The SMILES string of the molecule is COC(=O)c1ccccc1NC(=O)C(=O)N1CC(C)OC(C)C1. The summed E-state index contributed by atoms with van der Waals surface area (Å²) >= 11 is 0. The van der Waals surface area contributed by atoms with Gasteiger partial charge in [0.05, 0.1) is 30.6 Å². The first-order valence-corrected chi connectivity index (χ1v) is 7.35. The lowest BCUT2D eigenvalue weighted by molar-refractivity contribution is -0.151. The van der Waals surface area contributed by atoms with Crippen molar-refractivity contribution in [3.05, 3.63) is 29.8 Å². The molecule has 23 heavy (non-hydrogen) atoms. The minimum absolute atomic E-state index is 0.127. The molecule has 1 aliphatic heterocycles. The van der Waals surface area contributed by atoms with Gasteiger partial charge in [-0.05, 0) is 26.0 Å². The van der Waals surface area contributed by atoms with Crippen LogP contribution in [0, 0.1) is 0 Å². The van der Waals surface area contributed by atoms with Crippen molar-refractivity contribution in [2.75, 3.05) is 25.5 Å². The summed E-state index contributed by atoms with van der Waals surface area (Å²) in [5.74, 6) is -2.02. The first kappa shape index (κ1) is 17.0. The van der Waals surface area contributed by atoms with Gasteiger partial charge >= 0.3 is 17.8 Å². The number of rotatable bonds is 2. The van der Waals surface area contributed by atoms with E-state index in [1.54, 1.807) is 18.2 Å². The van der Waals surface area contributed by atoms with Crippen LogP contribution in [0.4, 0.5) is 5.69 Å². The zero-order valence-electron chi connectivity index (χ0n) is 13.4. The van der Waals surface area contributed by atoms with E-state index in [1.165, 1.54) is 18.1 Å². The molecule has 0 aromatic heterocycles. The molecule has 0 spiro atoms. The zero-order valence-corrected chi connectivity index (χ0v) is 13.4. The molecular weight excluding hydrogens is 300 g/mol. The molecule has 0 bridgehead atoms. The smallest absolute Gasteiger partial charge is 0.339 e. The topological polar surface area (TPSA) is 84.9 Å². The minimum atomic E-state index is -0.789. The number of nitrogens with zero attached hydrogens (tertiary/aromatic N) is 1. The molecule has 2 amide bonds. The first-order valence-electron chi connectivity index (χ1n) is 7.35. The van der Waals surface area contributed by atoms with Gasteiger partial charge in [-0.2, -0.15) is 0 Å². The van der Waals surface area contributed by atoms with Crippen LogP contribution in [0.1, 0.15) is 24.2 Å².